The molecule has 0 unspecified atom stereocenters. The van der Waals surface area contributed by atoms with Gasteiger partial charge in [0, 0.05) is 19.7 Å². The van der Waals surface area contributed by atoms with E-state index in [4.69, 9.17) is 4.74 Å². The van der Waals surface area contributed by atoms with Crippen molar-refractivity contribution in [1.82, 2.24) is 24.9 Å². The van der Waals surface area contributed by atoms with E-state index in [1.54, 1.807) is 0 Å². The number of alkyl halides is 3. The van der Waals surface area contributed by atoms with Gasteiger partial charge in [0.25, 0.3) is 5.91 Å². The molecule has 0 aliphatic heterocycles. The summed E-state index contributed by atoms with van der Waals surface area (Å²) in [6, 6.07) is 8.34. The van der Waals surface area contributed by atoms with Gasteiger partial charge in [-0.3, -0.25) is 4.79 Å². The molecule has 3 rings (SSSR count). The number of hydrogen-bond donors (Lipinski definition) is 0. The van der Waals surface area contributed by atoms with E-state index in [9.17, 15) is 18.0 Å². The first kappa shape index (κ1) is 21.3. The monoisotopic (exact) mass is 419 g/mol. The predicted molar refractivity (Wildman–Crippen MR) is 102 cm³/mol. The highest BCUT2D eigenvalue weighted by Gasteiger charge is 2.41. The van der Waals surface area contributed by atoms with Crippen LogP contribution < -0.4 is 4.74 Å². The number of amides is 1. The van der Waals surface area contributed by atoms with Crippen LogP contribution in [0.5, 0.6) is 5.88 Å². The molecule has 0 atom stereocenters. The summed E-state index contributed by atoms with van der Waals surface area (Å²) in [6.07, 6.45) is -3.93. The Labute approximate surface area is 171 Å². The Kier molecular flexibility index (Phi) is 5.77. The highest BCUT2D eigenvalue weighted by Crippen LogP contribution is 2.34. The second kappa shape index (κ2) is 8.13. The Morgan fingerprint density at radius 3 is 2.47 bits per heavy atom. The van der Waals surface area contributed by atoms with Crippen molar-refractivity contribution >= 4 is 5.91 Å². The normalized spacial score (nSPS) is 11.4. The summed E-state index contributed by atoms with van der Waals surface area (Å²) in [5.74, 6) is -0.835. The van der Waals surface area contributed by atoms with Crippen LogP contribution in [0.25, 0.3) is 5.82 Å². The summed E-state index contributed by atoms with van der Waals surface area (Å²) >= 11 is 0. The van der Waals surface area contributed by atoms with E-state index in [1.165, 1.54) is 31.2 Å². The molecule has 7 nitrogen and oxygen atoms in total. The molecular weight excluding hydrogens is 399 g/mol. The van der Waals surface area contributed by atoms with Crippen molar-refractivity contribution in [3.63, 3.8) is 0 Å². The Morgan fingerprint density at radius 2 is 1.90 bits per heavy atom. The molecular formula is C20H20F3N5O2. The van der Waals surface area contributed by atoms with Crippen LogP contribution in [0.3, 0.4) is 0 Å². The molecule has 1 amide bonds. The summed E-state index contributed by atoms with van der Waals surface area (Å²) in [6.45, 7) is 4.00. The third-order valence-electron chi connectivity index (χ3n) is 4.57. The quantitative estimate of drug-likeness (QED) is 0.632. The minimum Gasteiger partial charge on any atom is -0.480 e. The number of rotatable bonds is 5. The fraction of sp³-hybridized carbons (Fsp3) is 0.300. The van der Waals surface area contributed by atoms with Crippen LogP contribution in [0.4, 0.5) is 13.2 Å². The molecule has 0 fully saturated rings. The van der Waals surface area contributed by atoms with Gasteiger partial charge in [0.15, 0.2) is 11.5 Å². The fourth-order valence-corrected chi connectivity index (χ4v) is 3.04. The summed E-state index contributed by atoms with van der Waals surface area (Å²) in [7, 11) is 2.81. The van der Waals surface area contributed by atoms with Crippen molar-refractivity contribution in [2.24, 2.45) is 0 Å². The molecule has 0 bridgehead atoms. The maximum Gasteiger partial charge on any atom is 0.434 e. The summed E-state index contributed by atoms with van der Waals surface area (Å²) < 4.78 is 46.9. The molecule has 3 aromatic rings. The van der Waals surface area contributed by atoms with Gasteiger partial charge in [-0.2, -0.15) is 18.3 Å². The molecule has 0 aliphatic rings. The lowest BCUT2D eigenvalue weighted by molar-refractivity contribution is -0.143. The number of carbonyl (C=O) groups is 1. The van der Waals surface area contributed by atoms with Gasteiger partial charge in [0.1, 0.15) is 0 Å². The number of nitrogens with zero attached hydrogens (tertiary/aromatic N) is 5. The van der Waals surface area contributed by atoms with E-state index in [1.807, 2.05) is 32.0 Å². The Hall–Kier alpha value is -3.43. The summed E-state index contributed by atoms with van der Waals surface area (Å²) in [4.78, 5) is 14.1. The van der Waals surface area contributed by atoms with Crippen molar-refractivity contribution in [3.05, 3.63) is 64.5 Å². The molecule has 2 heterocycles. The van der Waals surface area contributed by atoms with Crippen molar-refractivity contribution in [3.8, 4) is 11.7 Å². The first-order chi connectivity index (χ1) is 14.1. The lowest BCUT2D eigenvalue weighted by Crippen LogP contribution is -2.29. The van der Waals surface area contributed by atoms with Gasteiger partial charge in [-0.25, -0.2) is 4.68 Å². The predicted octanol–water partition coefficient (Wildman–Crippen LogP) is 3.58. The standard InChI is InChI=1S/C20H20F3N5O2/c1-12-5-6-14(13(2)9-12)11-27(3)19(29)15-10-24-28(18(15)20(21,22)23)16-7-8-17(30-4)26-25-16/h5-10H,11H2,1-4H3. The molecule has 10 heteroatoms. The molecule has 2 aromatic heterocycles. The molecule has 30 heavy (non-hydrogen) atoms. The number of hydrogen-bond acceptors (Lipinski definition) is 5. The van der Waals surface area contributed by atoms with Gasteiger partial charge >= 0.3 is 6.18 Å². The number of ether oxygens (including phenoxy) is 1. The van der Waals surface area contributed by atoms with Gasteiger partial charge in [0.2, 0.25) is 5.88 Å². The number of benzene rings is 1. The fourth-order valence-electron chi connectivity index (χ4n) is 3.04. The van der Waals surface area contributed by atoms with Crippen molar-refractivity contribution in [1.29, 1.82) is 0 Å². The zero-order valence-corrected chi connectivity index (χ0v) is 16.9. The highest BCUT2D eigenvalue weighted by atomic mass is 19.4. The Bertz CT molecular complexity index is 1060. The van der Waals surface area contributed by atoms with Crippen LogP contribution in [-0.4, -0.2) is 44.9 Å². The number of halogens is 3. The summed E-state index contributed by atoms with van der Waals surface area (Å²) in [5.41, 5.74) is 1.09. The number of aryl methyl sites for hydroxylation is 2. The van der Waals surface area contributed by atoms with Crippen molar-refractivity contribution < 1.29 is 22.7 Å². The third kappa shape index (κ3) is 4.27. The molecule has 0 radical (unpaired) electrons. The molecule has 0 N–H and O–H groups in total. The van der Waals surface area contributed by atoms with Crippen LogP contribution >= 0.6 is 0 Å². The molecule has 0 spiro atoms. The second-order valence-corrected chi connectivity index (χ2v) is 6.84. The van der Waals surface area contributed by atoms with E-state index in [2.05, 4.69) is 15.3 Å². The number of aromatic nitrogens is 4. The first-order valence-electron chi connectivity index (χ1n) is 8.96. The topological polar surface area (TPSA) is 73.1 Å². The van der Waals surface area contributed by atoms with Gasteiger partial charge in [-0.15, -0.1) is 10.2 Å². The minimum atomic E-state index is -4.83. The number of methoxy groups -OCH3 is 1. The first-order valence-corrected chi connectivity index (χ1v) is 8.96. The minimum absolute atomic E-state index is 0.143. The molecule has 0 aliphatic carbocycles. The highest BCUT2D eigenvalue weighted by molar-refractivity contribution is 5.95. The maximum atomic E-state index is 13.8. The van der Waals surface area contributed by atoms with Gasteiger partial charge < -0.3 is 9.64 Å². The second-order valence-electron chi connectivity index (χ2n) is 6.84. The molecule has 0 saturated heterocycles. The van der Waals surface area contributed by atoms with Crippen LogP contribution in [0.2, 0.25) is 0 Å². The van der Waals surface area contributed by atoms with Gasteiger partial charge in [-0.1, -0.05) is 23.8 Å². The van der Waals surface area contributed by atoms with E-state index in [0.717, 1.165) is 22.9 Å². The molecule has 158 valence electrons. The van der Waals surface area contributed by atoms with Crippen LogP contribution in [0.15, 0.2) is 36.5 Å². The number of carbonyl (C=O) groups excluding carboxylic acids is 1. The zero-order chi connectivity index (χ0) is 22.1. The zero-order valence-electron chi connectivity index (χ0n) is 16.9. The molecule has 0 saturated carbocycles. The molecule has 1 aromatic carbocycles. The SMILES string of the molecule is COc1ccc(-n2ncc(C(=O)N(C)Cc3ccc(C)cc3C)c2C(F)(F)F)nn1. The van der Waals surface area contributed by atoms with Gasteiger partial charge in [-0.05, 0) is 31.0 Å². The van der Waals surface area contributed by atoms with E-state index < -0.39 is 23.3 Å². The third-order valence-corrected chi connectivity index (χ3v) is 4.57. The van der Waals surface area contributed by atoms with Crippen LogP contribution in [0, 0.1) is 13.8 Å². The van der Waals surface area contributed by atoms with Gasteiger partial charge in [0.05, 0.1) is 18.9 Å². The lowest BCUT2D eigenvalue weighted by atomic mass is 10.1. The Balaban J connectivity index is 1.96. The lowest BCUT2D eigenvalue weighted by Gasteiger charge is -2.19. The van der Waals surface area contributed by atoms with Crippen LogP contribution in [0.1, 0.15) is 32.7 Å². The van der Waals surface area contributed by atoms with E-state index in [0.29, 0.717) is 4.68 Å². The average molecular weight is 419 g/mol. The van der Waals surface area contributed by atoms with Crippen molar-refractivity contribution in [2.75, 3.05) is 14.2 Å². The Morgan fingerprint density at radius 1 is 1.17 bits per heavy atom. The maximum absolute atomic E-state index is 13.8. The van der Waals surface area contributed by atoms with E-state index >= 15 is 0 Å². The van der Waals surface area contributed by atoms with Crippen LogP contribution in [-0.2, 0) is 12.7 Å². The largest absolute Gasteiger partial charge is 0.480 e. The average Bonchev–Trinajstić information content (AvgIpc) is 3.15. The van der Waals surface area contributed by atoms with E-state index in [-0.39, 0.29) is 18.2 Å². The summed E-state index contributed by atoms with van der Waals surface area (Å²) in [5, 5.41) is 11.1. The smallest absolute Gasteiger partial charge is 0.434 e. The van der Waals surface area contributed by atoms with Crippen molar-refractivity contribution in [2.45, 2.75) is 26.6 Å².